The van der Waals surface area contributed by atoms with Gasteiger partial charge in [0.2, 0.25) is 0 Å². The third-order valence-corrected chi connectivity index (χ3v) is 3.11. The minimum Gasteiger partial charge on any atom is -0.312 e. The predicted molar refractivity (Wildman–Crippen MR) is 63.9 cm³/mol. The van der Waals surface area contributed by atoms with Crippen LogP contribution in [0.1, 0.15) is 24.0 Å². The van der Waals surface area contributed by atoms with Gasteiger partial charge < -0.3 is 5.32 Å². The Balaban J connectivity index is 2.14. The van der Waals surface area contributed by atoms with Crippen molar-refractivity contribution in [2.45, 2.75) is 26.3 Å². The van der Waals surface area contributed by atoms with E-state index in [0.717, 1.165) is 43.3 Å². The highest BCUT2D eigenvalue weighted by Crippen LogP contribution is 2.19. The summed E-state index contributed by atoms with van der Waals surface area (Å²) in [5, 5.41) is 3.37. The normalized spacial score (nSPS) is 14.6. The summed E-state index contributed by atoms with van der Waals surface area (Å²) in [6.07, 6.45) is 7.32. The van der Waals surface area contributed by atoms with Crippen LogP contribution >= 0.6 is 0 Å². The van der Waals surface area contributed by atoms with Crippen LogP contribution in [0.3, 0.4) is 0 Å². The lowest BCUT2D eigenvalue weighted by Crippen LogP contribution is -2.26. The maximum Gasteiger partial charge on any atom is 0.146 e. The Hall–Kier alpha value is -1.75. The first-order valence-electron chi connectivity index (χ1n) is 5.96. The van der Waals surface area contributed by atoms with Crippen molar-refractivity contribution in [1.29, 1.82) is 0 Å². The third kappa shape index (κ3) is 1.72. The van der Waals surface area contributed by atoms with E-state index >= 15 is 0 Å². The largest absolute Gasteiger partial charge is 0.312 e. The van der Waals surface area contributed by atoms with Crippen LogP contribution in [0.25, 0.3) is 5.82 Å². The predicted octanol–water partition coefficient (Wildman–Crippen LogP) is 0.870. The van der Waals surface area contributed by atoms with Gasteiger partial charge in [0.05, 0.1) is 5.69 Å². The van der Waals surface area contributed by atoms with Crippen molar-refractivity contribution in [2.24, 2.45) is 0 Å². The second kappa shape index (κ2) is 4.25. The number of aryl methyl sites for hydroxylation is 1. The molecular weight excluding hydrogens is 214 g/mol. The monoisotopic (exact) mass is 229 g/mol. The summed E-state index contributed by atoms with van der Waals surface area (Å²) in [5.41, 5.74) is 2.36. The van der Waals surface area contributed by atoms with Gasteiger partial charge in [-0.05, 0) is 0 Å². The number of hydrogen-bond acceptors (Lipinski definition) is 4. The van der Waals surface area contributed by atoms with Crippen molar-refractivity contribution in [2.75, 3.05) is 6.54 Å². The van der Waals surface area contributed by atoms with E-state index in [0.29, 0.717) is 0 Å². The van der Waals surface area contributed by atoms with Crippen molar-refractivity contribution in [3.05, 3.63) is 35.8 Å². The molecule has 2 aromatic rings. The molecule has 2 aromatic heterocycles. The minimum absolute atomic E-state index is 0.840. The first kappa shape index (κ1) is 10.4. The Kier molecular flexibility index (Phi) is 2.60. The summed E-state index contributed by atoms with van der Waals surface area (Å²) in [4.78, 5) is 13.1. The number of rotatable bonds is 2. The molecule has 88 valence electrons. The van der Waals surface area contributed by atoms with Gasteiger partial charge in [-0.2, -0.15) is 0 Å². The van der Waals surface area contributed by atoms with Crippen LogP contribution in [0.5, 0.6) is 0 Å². The topological polar surface area (TPSA) is 55.6 Å². The van der Waals surface area contributed by atoms with Crippen molar-refractivity contribution in [3.8, 4) is 5.82 Å². The first-order valence-corrected chi connectivity index (χ1v) is 5.96. The molecule has 5 heteroatoms. The summed E-state index contributed by atoms with van der Waals surface area (Å²) in [6, 6.07) is 0. The minimum atomic E-state index is 0.840. The molecule has 0 bridgehead atoms. The molecule has 5 nitrogen and oxygen atoms in total. The van der Waals surface area contributed by atoms with E-state index in [1.807, 2.05) is 12.4 Å². The van der Waals surface area contributed by atoms with E-state index in [1.165, 1.54) is 5.56 Å². The van der Waals surface area contributed by atoms with Crippen LogP contribution in [0.15, 0.2) is 18.7 Å². The fourth-order valence-electron chi connectivity index (χ4n) is 2.25. The number of hydrogen-bond donors (Lipinski definition) is 1. The number of fused-ring (bicyclic) bond motifs is 1. The smallest absolute Gasteiger partial charge is 0.146 e. The molecule has 0 aliphatic carbocycles. The molecule has 0 amide bonds. The van der Waals surface area contributed by atoms with Gasteiger partial charge in [-0.25, -0.2) is 15.0 Å². The van der Waals surface area contributed by atoms with E-state index in [1.54, 1.807) is 6.33 Å². The zero-order valence-electron chi connectivity index (χ0n) is 9.85. The number of aromatic nitrogens is 4. The Morgan fingerprint density at radius 3 is 3.18 bits per heavy atom. The fraction of sp³-hybridized carbons (Fsp3) is 0.417. The van der Waals surface area contributed by atoms with Crippen molar-refractivity contribution < 1.29 is 0 Å². The molecule has 1 aliphatic heterocycles. The summed E-state index contributed by atoms with van der Waals surface area (Å²) in [6.45, 7) is 3.94. The molecule has 0 unspecified atom stereocenters. The second-order valence-corrected chi connectivity index (χ2v) is 4.12. The Morgan fingerprint density at radius 1 is 1.35 bits per heavy atom. The fourth-order valence-corrected chi connectivity index (χ4v) is 2.25. The lowest BCUT2D eigenvalue weighted by molar-refractivity contribution is 0.619. The molecule has 1 aliphatic rings. The van der Waals surface area contributed by atoms with Crippen molar-refractivity contribution in [1.82, 2.24) is 24.8 Å². The molecule has 0 saturated carbocycles. The zero-order chi connectivity index (χ0) is 11.7. The van der Waals surface area contributed by atoms with Gasteiger partial charge in [0, 0.05) is 43.9 Å². The summed E-state index contributed by atoms with van der Waals surface area (Å²) >= 11 is 0. The molecule has 3 rings (SSSR count). The quantitative estimate of drug-likeness (QED) is 0.830. The lowest BCUT2D eigenvalue weighted by Gasteiger charge is -2.19. The number of imidazole rings is 1. The van der Waals surface area contributed by atoms with E-state index in [4.69, 9.17) is 0 Å². The van der Waals surface area contributed by atoms with Crippen LogP contribution in [0.2, 0.25) is 0 Å². The van der Waals surface area contributed by atoms with Gasteiger partial charge >= 0.3 is 0 Å². The van der Waals surface area contributed by atoms with E-state index in [-0.39, 0.29) is 0 Å². The van der Waals surface area contributed by atoms with Crippen LogP contribution in [-0.2, 0) is 19.4 Å². The summed E-state index contributed by atoms with van der Waals surface area (Å²) < 4.78 is 2.06. The number of nitrogens with one attached hydrogen (secondary N) is 1. The van der Waals surface area contributed by atoms with Gasteiger partial charge in [0.25, 0.3) is 0 Å². The van der Waals surface area contributed by atoms with E-state index in [9.17, 15) is 0 Å². The molecule has 17 heavy (non-hydrogen) atoms. The van der Waals surface area contributed by atoms with Crippen LogP contribution in [-0.4, -0.2) is 26.1 Å². The molecule has 0 aromatic carbocycles. The molecule has 0 saturated heterocycles. The highest BCUT2D eigenvalue weighted by molar-refractivity contribution is 5.39. The first-order chi connectivity index (χ1) is 8.40. The Bertz CT molecular complexity index is 531. The Labute approximate surface area is 99.9 Å². The molecule has 0 spiro atoms. The van der Waals surface area contributed by atoms with Gasteiger partial charge in [-0.15, -0.1) is 0 Å². The standard InChI is InChI=1S/C12H15N5/c1-2-11-14-5-6-17(11)12-9-7-13-4-3-10(9)15-8-16-12/h5-6,8,13H,2-4,7H2,1H3. The summed E-state index contributed by atoms with van der Waals surface area (Å²) in [5.74, 6) is 2.01. The maximum absolute atomic E-state index is 4.41. The average molecular weight is 229 g/mol. The SMILES string of the molecule is CCc1nccn1-c1ncnc2c1CNCC2. The van der Waals surface area contributed by atoms with Crippen LogP contribution < -0.4 is 5.32 Å². The highest BCUT2D eigenvalue weighted by atomic mass is 15.1. The summed E-state index contributed by atoms with van der Waals surface area (Å²) in [7, 11) is 0. The zero-order valence-corrected chi connectivity index (χ0v) is 9.85. The molecule has 0 radical (unpaired) electrons. The van der Waals surface area contributed by atoms with Gasteiger partial charge in [-0.3, -0.25) is 4.57 Å². The van der Waals surface area contributed by atoms with Gasteiger partial charge in [0.15, 0.2) is 0 Å². The third-order valence-electron chi connectivity index (χ3n) is 3.11. The molecular formula is C12H15N5. The molecule has 1 N–H and O–H groups in total. The lowest BCUT2D eigenvalue weighted by atomic mass is 10.1. The van der Waals surface area contributed by atoms with Gasteiger partial charge in [-0.1, -0.05) is 6.92 Å². The number of nitrogens with zero attached hydrogens (tertiary/aromatic N) is 4. The maximum atomic E-state index is 4.41. The average Bonchev–Trinajstić information content (AvgIpc) is 2.86. The molecule has 0 fully saturated rings. The molecule has 0 atom stereocenters. The second-order valence-electron chi connectivity index (χ2n) is 4.12. The van der Waals surface area contributed by atoms with Crippen LogP contribution in [0.4, 0.5) is 0 Å². The van der Waals surface area contributed by atoms with E-state index in [2.05, 4.69) is 31.8 Å². The van der Waals surface area contributed by atoms with Crippen molar-refractivity contribution in [3.63, 3.8) is 0 Å². The van der Waals surface area contributed by atoms with E-state index < -0.39 is 0 Å². The van der Waals surface area contributed by atoms with Gasteiger partial charge in [0.1, 0.15) is 18.0 Å². The van der Waals surface area contributed by atoms with Crippen molar-refractivity contribution >= 4 is 0 Å². The Morgan fingerprint density at radius 2 is 2.29 bits per heavy atom. The van der Waals surface area contributed by atoms with Crippen LogP contribution in [0, 0.1) is 0 Å². The highest BCUT2D eigenvalue weighted by Gasteiger charge is 2.17. The molecule has 3 heterocycles.